The van der Waals surface area contributed by atoms with Crippen LogP contribution in [0.5, 0.6) is 0 Å². The minimum atomic E-state index is -0.0702. The van der Waals surface area contributed by atoms with E-state index in [1.165, 1.54) is 5.56 Å². The van der Waals surface area contributed by atoms with Crippen LogP contribution in [0.15, 0.2) is 24.3 Å². The topological polar surface area (TPSA) is 82.2 Å². The monoisotopic (exact) mass is 258 g/mol. The molecular weight excluding hydrogens is 240 g/mol. The second-order valence-corrected chi connectivity index (χ2v) is 4.73. The molecule has 0 bridgehead atoms. The van der Waals surface area contributed by atoms with E-state index in [1.807, 2.05) is 29.2 Å². The predicted octanol–water partition coefficient (Wildman–Crippen LogP) is 0.406. The molecule has 1 aliphatic heterocycles. The van der Waals surface area contributed by atoms with Crippen molar-refractivity contribution in [2.24, 2.45) is 5.73 Å². The molecule has 100 valence electrons. The Balaban J connectivity index is 2.01. The smallest absolute Gasteiger partial charge is 0.239 e. The number of nitriles is 1. The third-order valence-corrected chi connectivity index (χ3v) is 3.16. The van der Waals surface area contributed by atoms with Crippen molar-refractivity contribution in [2.75, 3.05) is 24.5 Å². The zero-order chi connectivity index (χ0) is 13.7. The Hall–Kier alpha value is -2.06. The van der Waals surface area contributed by atoms with Crippen molar-refractivity contribution < 1.29 is 4.79 Å². The predicted molar refractivity (Wildman–Crippen MR) is 73.6 cm³/mol. The summed E-state index contributed by atoms with van der Waals surface area (Å²) in [6.45, 7) is 1.37. The van der Waals surface area contributed by atoms with Crippen molar-refractivity contribution in [3.05, 3.63) is 29.8 Å². The molecule has 1 atom stereocenters. The Morgan fingerprint density at radius 1 is 1.53 bits per heavy atom. The van der Waals surface area contributed by atoms with Crippen molar-refractivity contribution in [2.45, 2.75) is 18.9 Å². The zero-order valence-corrected chi connectivity index (χ0v) is 10.8. The molecule has 0 aliphatic carbocycles. The van der Waals surface area contributed by atoms with Crippen LogP contribution < -0.4 is 16.0 Å². The highest BCUT2D eigenvalue weighted by atomic mass is 16.2. The maximum atomic E-state index is 11.8. The van der Waals surface area contributed by atoms with Gasteiger partial charge in [-0.3, -0.25) is 4.79 Å². The Morgan fingerprint density at radius 3 is 3.11 bits per heavy atom. The van der Waals surface area contributed by atoms with Crippen molar-refractivity contribution in [3.8, 4) is 6.07 Å². The number of anilines is 1. The van der Waals surface area contributed by atoms with Gasteiger partial charge in [0.1, 0.15) is 0 Å². The first-order valence-corrected chi connectivity index (χ1v) is 6.43. The maximum Gasteiger partial charge on any atom is 0.239 e. The molecule has 0 aromatic heterocycles. The second kappa shape index (κ2) is 6.21. The van der Waals surface area contributed by atoms with E-state index >= 15 is 0 Å². The molecule has 1 aromatic rings. The summed E-state index contributed by atoms with van der Waals surface area (Å²) in [5.41, 5.74) is 8.29. The van der Waals surface area contributed by atoms with Crippen molar-refractivity contribution in [3.63, 3.8) is 0 Å². The quantitative estimate of drug-likeness (QED) is 0.766. The molecule has 2 rings (SSSR count). The summed E-state index contributed by atoms with van der Waals surface area (Å²) in [4.78, 5) is 13.8. The van der Waals surface area contributed by atoms with E-state index in [-0.39, 0.29) is 18.5 Å². The number of hydrogen-bond acceptors (Lipinski definition) is 4. The van der Waals surface area contributed by atoms with Crippen molar-refractivity contribution >= 4 is 11.6 Å². The Morgan fingerprint density at radius 2 is 2.32 bits per heavy atom. The highest BCUT2D eigenvalue weighted by Gasteiger charge is 2.22. The Bertz CT molecular complexity index is 494. The van der Waals surface area contributed by atoms with Crippen LogP contribution in [-0.4, -0.2) is 31.6 Å². The van der Waals surface area contributed by atoms with Gasteiger partial charge in [0.25, 0.3) is 0 Å². The van der Waals surface area contributed by atoms with Gasteiger partial charge in [0.2, 0.25) is 5.91 Å². The standard InChI is InChI=1S/C14H18N4O/c15-6-3-7-17-14(19)10-18-9-12(16)8-11-4-1-2-5-13(11)18/h1-2,4-5,12H,3,7-10,16H2,(H,17,19). The van der Waals surface area contributed by atoms with Gasteiger partial charge in [0, 0.05) is 24.8 Å². The molecule has 1 amide bonds. The summed E-state index contributed by atoms with van der Waals surface area (Å²) >= 11 is 0. The highest BCUT2D eigenvalue weighted by molar-refractivity contribution is 5.82. The number of rotatable bonds is 4. The van der Waals surface area contributed by atoms with Gasteiger partial charge >= 0.3 is 0 Å². The molecular formula is C14H18N4O. The molecule has 5 nitrogen and oxygen atoms in total. The SMILES string of the molecule is N#CCCNC(=O)CN1CC(N)Cc2ccccc21. The fourth-order valence-electron chi connectivity index (χ4n) is 2.36. The van der Waals surface area contributed by atoms with E-state index in [4.69, 9.17) is 11.0 Å². The van der Waals surface area contributed by atoms with Crippen LogP contribution in [0.2, 0.25) is 0 Å². The molecule has 0 saturated carbocycles. The van der Waals surface area contributed by atoms with E-state index in [1.54, 1.807) is 0 Å². The van der Waals surface area contributed by atoms with Gasteiger partial charge in [0.15, 0.2) is 0 Å². The van der Waals surface area contributed by atoms with E-state index in [0.29, 0.717) is 19.5 Å². The number of nitrogens with two attached hydrogens (primary N) is 1. The Labute approximate surface area is 113 Å². The first-order chi connectivity index (χ1) is 9.20. The molecule has 0 spiro atoms. The first kappa shape index (κ1) is 13.4. The number of benzene rings is 1. The minimum absolute atomic E-state index is 0.0572. The fraction of sp³-hybridized carbons (Fsp3) is 0.429. The molecule has 5 heteroatoms. The summed E-state index contributed by atoms with van der Waals surface area (Å²) in [5.74, 6) is -0.0702. The van der Waals surface area contributed by atoms with Gasteiger partial charge in [-0.05, 0) is 18.1 Å². The number of fused-ring (bicyclic) bond motifs is 1. The highest BCUT2D eigenvalue weighted by Crippen LogP contribution is 2.25. The average Bonchev–Trinajstić information content (AvgIpc) is 2.39. The van der Waals surface area contributed by atoms with Crippen LogP contribution in [0.4, 0.5) is 5.69 Å². The van der Waals surface area contributed by atoms with E-state index < -0.39 is 0 Å². The van der Waals surface area contributed by atoms with Crippen LogP contribution in [0.25, 0.3) is 0 Å². The minimum Gasteiger partial charge on any atom is -0.360 e. The molecule has 0 fully saturated rings. The molecule has 1 aromatic carbocycles. The molecule has 1 unspecified atom stereocenters. The van der Waals surface area contributed by atoms with Crippen LogP contribution >= 0.6 is 0 Å². The number of carbonyl (C=O) groups excluding carboxylic acids is 1. The largest absolute Gasteiger partial charge is 0.360 e. The van der Waals surface area contributed by atoms with Gasteiger partial charge in [-0.25, -0.2) is 0 Å². The Kier molecular flexibility index (Phi) is 4.37. The molecule has 1 aliphatic rings. The lowest BCUT2D eigenvalue weighted by molar-refractivity contribution is -0.119. The second-order valence-electron chi connectivity index (χ2n) is 4.73. The van der Waals surface area contributed by atoms with Gasteiger partial charge < -0.3 is 16.0 Å². The third kappa shape index (κ3) is 3.46. The number of nitrogens with one attached hydrogen (secondary N) is 1. The third-order valence-electron chi connectivity index (χ3n) is 3.16. The van der Waals surface area contributed by atoms with Gasteiger partial charge in [-0.15, -0.1) is 0 Å². The van der Waals surface area contributed by atoms with Crippen molar-refractivity contribution in [1.82, 2.24) is 5.32 Å². The maximum absolute atomic E-state index is 11.8. The summed E-state index contributed by atoms with van der Waals surface area (Å²) in [5, 5.41) is 11.2. The molecule has 0 radical (unpaired) electrons. The molecule has 0 saturated heterocycles. The van der Waals surface area contributed by atoms with Crippen LogP contribution in [-0.2, 0) is 11.2 Å². The lowest BCUT2D eigenvalue weighted by Gasteiger charge is -2.34. The normalized spacial score (nSPS) is 17.5. The number of amides is 1. The number of nitrogens with zero attached hydrogens (tertiary/aromatic N) is 2. The lowest BCUT2D eigenvalue weighted by atomic mass is 9.98. The van der Waals surface area contributed by atoms with E-state index in [2.05, 4.69) is 11.4 Å². The number of carbonyl (C=O) groups is 1. The summed E-state index contributed by atoms with van der Waals surface area (Å²) in [6.07, 6.45) is 1.19. The summed E-state index contributed by atoms with van der Waals surface area (Å²) in [7, 11) is 0. The lowest BCUT2D eigenvalue weighted by Crippen LogP contribution is -2.47. The van der Waals surface area contributed by atoms with Crippen LogP contribution in [0.1, 0.15) is 12.0 Å². The van der Waals surface area contributed by atoms with Gasteiger partial charge in [0.05, 0.1) is 19.0 Å². The van der Waals surface area contributed by atoms with Crippen molar-refractivity contribution in [1.29, 1.82) is 5.26 Å². The number of hydrogen-bond donors (Lipinski definition) is 2. The summed E-state index contributed by atoms with van der Waals surface area (Å²) in [6, 6.07) is 10.1. The van der Waals surface area contributed by atoms with Gasteiger partial charge in [-0.2, -0.15) is 5.26 Å². The fourth-order valence-corrected chi connectivity index (χ4v) is 2.36. The van der Waals surface area contributed by atoms with Crippen LogP contribution in [0, 0.1) is 11.3 Å². The van der Waals surface area contributed by atoms with E-state index in [9.17, 15) is 4.79 Å². The number of para-hydroxylation sites is 1. The summed E-state index contributed by atoms with van der Waals surface area (Å²) < 4.78 is 0. The zero-order valence-electron chi connectivity index (χ0n) is 10.8. The molecule has 19 heavy (non-hydrogen) atoms. The van der Waals surface area contributed by atoms with Crippen LogP contribution in [0.3, 0.4) is 0 Å². The first-order valence-electron chi connectivity index (χ1n) is 6.43. The average molecular weight is 258 g/mol. The van der Waals surface area contributed by atoms with E-state index in [0.717, 1.165) is 12.1 Å². The van der Waals surface area contributed by atoms with Gasteiger partial charge in [-0.1, -0.05) is 18.2 Å². The molecule has 1 heterocycles. The molecule has 3 N–H and O–H groups in total.